The first-order valence-corrected chi connectivity index (χ1v) is 7.61. The molecule has 0 bridgehead atoms. The molecule has 0 amide bonds. The van der Waals surface area contributed by atoms with Gasteiger partial charge in [-0.1, -0.05) is 30.7 Å². The third-order valence-electron chi connectivity index (χ3n) is 3.03. The smallest absolute Gasteiger partial charge is 0.126 e. The summed E-state index contributed by atoms with van der Waals surface area (Å²) in [7, 11) is 0. The summed E-state index contributed by atoms with van der Waals surface area (Å²) >= 11 is 7.81. The molecule has 0 aliphatic carbocycles. The van der Waals surface area contributed by atoms with Crippen LogP contribution in [0.1, 0.15) is 35.4 Å². The van der Waals surface area contributed by atoms with Crippen LogP contribution in [0, 0.1) is 12.7 Å². The first kappa shape index (κ1) is 14.5. The lowest BCUT2D eigenvalue weighted by Gasteiger charge is -2.19. The minimum Gasteiger partial charge on any atom is -0.306 e. The molecular formula is C15H17ClFNS. The number of rotatable bonds is 5. The largest absolute Gasteiger partial charge is 0.306 e. The van der Waals surface area contributed by atoms with Gasteiger partial charge in [0.05, 0.1) is 11.1 Å². The molecule has 1 N–H and O–H groups in total. The van der Waals surface area contributed by atoms with E-state index in [2.05, 4.69) is 12.2 Å². The highest BCUT2D eigenvalue weighted by molar-refractivity contribution is 7.10. The summed E-state index contributed by atoms with van der Waals surface area (Å²) in [6.07, 6.45) is 1.02. The predicted octanol–water partition coefficient (Wildman–Crippen LogP) is 4.94. The summed E-state index contributed by atoms with van der Waals surface area (Å²) in [6, 6.07) is 7.21. The maximum absolute atomic E-state index is 13.7. The predicted molar refractivity (Wildman–Crippen MR) is 80.6 cm³/mol. The van der Waals surface area contributed by atoms with Gasteiger partial charge in [-0.15, -0.1) is 11.3 Å². The van der Waals surface area contributed by atoms with E-state index in [0.29, 0.717) is 5.56 Å². The molecule has 1 atom stereocenters. The minimum absolute atomic E-state index is 0.0393. The van der Waals surface area contributed by atoms with Crippen LogP contribution in [-0.4, -0.2) is 6.54 Å². The van der Waals surface area contributed by atoms with Crippen LogP contribution in [0.5, 0.6) is 0 Å². The summed E-state index contributed by atoms with van der Waals surface area (Å²) in [5, 5.41) is 6.13. The molecule has 1 nitrogen and oxygen atoms in total. The van der Waals surface area contributed by atoms with Crippen molar-refractivity contribution in [3.05, 3.63) is 56.5 Å². The average Bonchev–Trinajstić information content (AvgIpc) is 2.80. The minimum atomic E-state index is -0.173. The number of hydrogen-bond acceptors (Lipinski definition) is 2. The van der Waals surface area contributed by atoms with Crippen molar-refractivity contribution >= 4 is 22.9 Å². The van der Waals surface area contributed by atoms with Gasteiger partial charge in [-0.05, 0) is 48.5 Å². The number of halogens is 2. The lowest BCUT2D eigenvalue weighted by atomic mass is 10.0. The fourth-order valence-electron chi connectivity index (χ4n) is 1.95. The lowest BCUT2D eigenvalue weighted by Crippen LogP contribution is -2.22. The molecule has 0 saturated carbocycles. The van der Waals surface area contributed by atoms with E-state index >= 15 is 0 Å². The summed E-state index contributed by atoms with van der Waals surface area (Å²) in [4.78, 5) is 1.04. The Hall–Kier alpha value is -0.900. The van der Waals surface area contributed by atoms with Gasteiger partial charge >= 0.3 is 0 Å². The molecule has 0 aliphatic heterocycles. The van der Waals surface area contributed by atoms with Crippen molar-refractivity contribution in [3.63, 3.8) is 0 Å². The van der Waals surface area contributed by atoms with Gasteiger partial charge in [-0.25, -0.2) is 4.39 Å². The molecule has 1 aromatic heterocycles. The Kier molecular flexibility index (Phi) is 4.97. The van der Waals surface area contributed by atoms with Gasteiger partial charge in [0.15, 0.2) is 0 Å². The summed E-state index contributed by atoms with van der Waals surface area (Å²) < 4.78 is 13.7. The topological polar surface area (TPSA) is 12.0 Å². The zero-order valence-electron chi connectivity index (χ0n) is 11.0. The van der Waals surface area contributed by atoms with Crippen LogP contribution < -0.4 is 5.32 Å². The molecule has 1 aromatic carbocycles. The zero-order chi connectivity index (χ0) is 13.8. The van der Waals surface area contributed by atoms with Gasteiger partial charge in [0, 0.05) is 4.88 Å². The molecule has 1 heterocycles. The number of hydrogen-bond donors (Lipinski definition) is 1. The molecular weight excluding hydrogens is 281 g/mol. The van der Waals surface area contributed by atoms with Crippen LogP contribution in [0.2, 0.25) is 5.02 Å². The Bertz CT molecular complexity index is 553. The molecule has 0 radical (unpaired) electrons. The Labute approximate surface area is 122 Å². The van der Waals surface area contributed by atoms with E-state index in [1.165, 1.54) is 0 Å². The molecule has 19 heavy (non-hydrogen) atoms. The average molecular weight is 298 g/mol. The maximum atomic E-state index is 13.7. The maximum Gasteiger partial charge on any atom is 0.126 e. The summed E-state index contributed by atoms with van der Waals surface area (Å²) in [5.74, 6) is -0.173. The van der Waals surface area contributed by atoms with Crippen LogP contribution in [0.25, 0.3) is 0 Å². The standard InChI is InChI=1S/C15H17ClFNS/c1-3-7-18-14(15-12(16)6-8-19-15)11-5-4-10(2)13(17)9-11/h4-6,8-9,14,18H,3,7H2,1-2H3. The first-order valence-electron chi connectivity index (χ1n) is 6.35. The van der Waals surface area contributed by atoms with Crippen LogP contribution in [0.15, 0.2) is 29.6 Å². The fourth-order valence-corrected chi connectivity index (χ4v) is 3.22. The van der Waals surface area contributed by atoms with Crippen molar-refractivity contribution in [2.75, 3.05) is 6.54 Å². The van der Waals surface area contributed by atoms with Crippen molar-refractivity contribution in [1.29, 1.82) is 0 Å². The third-order valence-corrected chi connectivity index (χ3v) is 4.46. The van der Waals surface area contributed by atoms with Crippen LogP contribution >= 0.6 is 22.9 Å². The second kappa shape index (κ2) is 6.51. The van der Waals surface area contributed by atoms with Crippen molar-refractivity contribution in [1.82, 2.24) is 5.32 Å². The number of nitrogens with one attached hydrogen (secondary N) is 1. The van der Waals surface area contributed by atoms with Crippen molar-refractivity contribution < 1.29 is 4.39 Å². The highest BCUT2D eigenvalue weighted by Gasteiger charge is 2.18. The van der Waals surface area contributed by atoms with Crippen molar-refractivity contribution in [3.8, 4) is 0 Å². The van der Waals surface area contributed by atoms with E-state index in [1.807, 2.05) is 23.6 Å². The first-order chi connectivity index (χ1) is 9.13. The van der Waals surface area contributed by atoms with Crippen LogP contribution in [0.4, 0.5) is 4.39 Å². The Balaban J connectivity index is 2.37. The number of benzene rings is 1. The van der Waals surface area contributed by atoms with Crippen molar-refractivity contribution in [2.45, 2.75) is 26.3 Å². The molecule has 0 aliphatic rings. The van der Waals surface area contributed by atoms with E-state index in [-0.39, 0.29) is 11.9 Å². The van der Waals surface area contributed by atoms with Crippen LogP contribution in [-0.2, 0) is 0 Å². The monoisotopic (exact) mass is 297 g/mol. The van der Waals surface area contributed by atoms with E-state index in [0.717, 1.165) is 28.4 Å². The van der Waals surface area contributed by atoms with E-state index in [9.17, 15) is 4.39 Å². The highest BCUT2D eigenvalue weighted by Crippen LogP contribution is 2.33. The molecule has 0 saturated heterocycles. The normalized spacial score (nSPS) is 12.6. The molecule has 2 aromatic rings. The second-order valence-corrected chi connectivity index (χ2v) is 5.88. The van der Waals surface area contributed by atoms with Gasteiger partial charge in [0.25, 0.3) is 0 Å². The van der Waals surface area contributed by atoms with E-state index < -0.39 is 0 Å². The molecule has 1 unspecified atom stereocenters. The molecule has 0 fully saturated rings. The molecule has 0 spiro atoms. The summed E-state index contributed by atoms with van der Waals surface area (Å²) in [5.41, 5.74) is 1.58. The second-order valence-electron chi connectivity index (χ2n) is 4.53. The SMILES string of the molecule is CCCNC(c1ccc(C)c(F)c1)c1sccc1Cl. The fraction of sp³-hybridized carbons (Fsp3) is 0.333. The summed E-state index contributed by atoms with van der Waals surface area (Å²) in [6.45, 7) is 4.75. The molecule has 2 rings (SSSR count). The van der Waals surface area contributed by atoms with Gasteiger partial charge in [-0.3, -0.25) is 0 Å². The number of thiophene rings is 1. The van der Waals surface area contributed by atoms with Gasteiger partial charge < -0.3 is 5.32 Å². The quantitative estimate of drug-likeness (QED) is 0.824. The van der Waals surface area contributed by atoms with E-state index in [1.54, 1.807) is 24.3 Å². The van der Waals surface area contributed by atoms with Gasteiger partial charge in [0.2, 0.25) is 0 Å². The Morgan fingerprint density at radius 3 is 2.74 bits per heavy atom. The van der Waals surface area contributed by atoms with Crippen molar-refractivity contribution in [2.24, 2.45) is 0 Å². The Morgan fingerprint density at radius 2 is 2.16 bits per heavy atom. The molecule has 102 valence electrons. The number of aryl methyl sites for hydroxylation is 1. The highest BCUT2D eigenvalue weighted by atomic mass is 35.5. The van der Waals surface area contributed by atoms with Gasteiger partial charge in [0.1, 0.15) is 5.82 Å². The van der Waals surface area contributed by atoms with E-state index in [4.69, 9.17) is 11.6 Å². The Morgan fingerprint density at radius 1 is 1.37 bits per heavy atom. The van der Waals surface area contributed by atoms with Gasteiger partial charge in [-0.2, -0.15) is 0 Å². The van der Waals surface area contributed by atoms with Crippen LogP contribution in [0.3, 0.4) is 0 Å². The molecule has 4 heteroatoms. The third kappa shape index (κ3) is 3.35. The lowest BCUT2D eigenvalue weighted by molar-refractivity contribution is 0.587. The zero-order valence-corrected chi connectivity index (χ0v) is 12.6.